The topological polar surface area (TPSA) is 88.0 Å². The van der Waals surface area contributed by atoms with E-state index in [1.165, 1.54) is 14.2 Å². The molecule has 0 atom stereocenters. The van der Waals surface area contributed by atoms with Crippen molar-refractivity contribution in [3.05, 3.63) is 58.0 Å². The molecule has 182 valence electrons. The maximum Gasteiger partial charge on any atom is 0.258 e. The number of nitrogens with one attached hydrogen (secondary N) is 1. The molecule has 2 aromatic carbocycles. The lowest BCUT2D eigenvalue weighted by Crippen LogP contribution is -2.29. The third-order valence-electron chi connectivity index (χ3n) is 5.54. The molecule has 1 aromatic heterocycles. The highest BCUT2D eigenvalue weighted by atomic mass is 16.5. The molecular formula is C26H32N2O6. The molecule has 0 bridgehead atoms. The molecule has 8 heteroatoms. The van der Waals surface area contributed by atoms with Gasteiger partial charge in [0.05, 0.1) is 39.4 Å². The van der Waals surface area contributed by atoms with Crippen LogP contribution in [0.5, 0.6) is 23.0 Å². The van der Waals surface area contributed by atoms with Crippen LogP contribution in [-0.4, -0.2) is 45.5 Å². The number of benzene rings is 2. The minimum Gasteiger partial charge on any atom is -0.493 e. The van der Waals surface area contributed by atoms with Crippen molar-refractivity contribution in [3.8, 4) is 23.0 Å². The molecule has 0 fully saturated rings. The van der Waals surface area contributed by atoms with Crippen molar-refractivity contribution in [2.24, 2.45) is 5.92 Å². The summed E-state index contributed by atoms with van der Waals surface area (Å²) < 4.78 is 23.0. The van der Waals surface area contributed by atoms with Gasteiger partial charge >= 0.3 is 0 Å². The fraction of sp³-hybridized carbons (Fsp3) is 0.385. The van der Waals surface area contributed by atoms with Gasteiger partial charge in [-0.15, -0.1) is 0 Å². The first kappa shape index (κ1) is 25.0. The maximum atomic E-state index is 13.2. The van der Waals surface area contributed by atoms with Gasteiger partial charge < -0.3 is 28.8 Å². The third-order valence-corrected chi connectivity index (χ3v) is 5.54. The fourth-order valence-electron chi connectivity index (χ4n) is 3.88. The minimum absolute atomic E-state index is 0.175. The smallest absolute Gasteiger partial charge is 0.258 e. The Labute approximate surface area is 199 Å². The van der Waals surface area contributed by atoms with Crippen LogP contribution in [0.2, 0.25) is 0 Å². The highest BCUT2D eigenvalue weighted by Crippen LogP contribution is 2.32. The number of hydrogen-bond donors (Lipinski definition) is 1. The van der Waals surface area contributed by atoms with E-state index in [0.29, 0.717) is 58.8 Å². The van der Waals surface area contributed by atoms with Crippen LogP contribution in [0.15, 0.2) is 41.3 Å². The molecule has 1 N–H and O–H groups in total. The number of amides is 1. The Hall–Kier alpha value is -3.68. The van der Waals surface area contributed by atoms with Crippen LogP contribution in [0.3, 0.4) is 0 Å². The van der Waals surface area contributed by atoms with E-state index in [-0.39, 0.29) is 17.4 Å². The first-order valence-electron chi connectivity index (χ1n) is 11.1. The molecule has 1 amide bonds. The first-order chi connectivity index (χ1) is 16.3. The molecule has 0 saturated heterocycles. The number of pyridine rings is 1. The zero-order chi connectivity index (χ0) is 24.8. The van der Waals surface area contributed by atoms with E-state index < -0.39 is 0 Å². The van der Waals surface area contributed by atoms with Gasteiger partial charge in [-0.2, -0.15) is 0 Å². The number of rotatable bonds is 10. The molecule has 34 heavy (non-hydrogen) atoms. The van der Waals surface area contributed by atoms with Gasteiger partial charge in [0.15, 0.2) is 23.0 Å². The van der Waals surface area contributed by atoms with E-state index in [1.807, 2.05) is 32.0 Å². The van der Waals surface area contributed by atoms with Crippen LogP contribution in [0.4, 0.5) is 0 Å². The normalized spacial score (nSPS) is 10.9. The van der Waals surface area contributed by atoms with Crippen molar-refractivity contribution in [2.45, 2.75) is 26.8 Å². The standard InChI is InChI=1S/C26H32N2O6/c1-16(2)14-28-15-20(18-12-23(33-5)24(34-6)13-19(18)26(28)30)25(29)27-10-9-17-7-8-21(31-3)22(11-17)32-4/h7-8,11-13,15-16H,9-10,14H2,1-6H3,(H,27,29). The van der Waals surface area contributed by atoms with Gasteiger partial charge in [0, 0.05) is 24.7 Å². The zero-order valence-corrected chi connectivity index (χ0v) is 20.6. The molecule has 1 heterocycles. The lowest BCUT2D eigenvalue weighted by atomic mass is 10.0. The summed E-state index contributed by atoms with van der Waals surface area (Å²) in [6.07, 6.45) is 2.23. The van der Waals surface area contributed by atoms with Crippen LogP contribution < -0.4 is 29.8 Å². The molecule has 0 saturated carbocycles. The summed E-state index contributed by atoms with van der Waals surface area (Å²) in [5.74, 6) is 2.15. The quantitative estimate of drug-likeness (QED) is 0.489. The van der Waals surface area contributed by atoms with Gasteiger partial charge in [-0.05, 0) is 42.2 Å². The van der Waals surface area contributed by atoms with Gasteiger partial charge in [-0.1, -0.05) is 19.9 Å². The van der Waals surface area contributed by atoms with Gasteiger partial charge in [0.25, 0.3) is 11.5 Å². The molecule has 0 aliphatic carbocycles. The van der Waals surface area contributed by atoms with Crippen molar-refractivity contribution in [1.82, 2.24) is 9.88 Å². The fourth-order valence-corrected chi connectivity index (χ4v) is 3.88. The number of fused-ring (bicyclic) bond motifs is 1. The van der Waals surface area contributed by atoms with E-state index in [4.69, 9.17) is 18.9 Å². The lowest BCUT2D eigenvalue weighted by molar-refractivity contribution is 0.0955. The highest BCUT2D eigenvalue weighted by Gasteiger charge is 2.19. The maximum absolute atomic E-state index is 13.2. The summed E-state index contributed by atoms with van der Waals surface area (Å²) in [6, 6.07) is 8.97. The van der Waals surface area contributed by atoms with Gasteiger partial charge in [0.2, 0.25) is 0 Å². The Morgan fingerprint density at radius 1 is 0.882 bits per heavy atom. The molecule has 0 aliphatic heterocycles. The SMILES string of the molecule is COc1ccc(CCNC(=O)c2cn(CC(C)C)c(=O)c3cc(OC)c(OC)cc23)cc1OC. The number of aromatic nitrogens is 1. The Bertz CT molecular complexity index is 1230. The summed E-state index contributed by atoms with van der Waals surface area (Å²) >= 11 is 0. The average molecular weight is 469 g/mol. The predicted octanol–water partition coefficient (Wildman–Crippen LogP) is 3.66. The van der Waals surface area contributed by atoms with Crippen molar-refractivity contribution in [1.29, 1.82) is 0 Å². The lowest BCUT2D eigenvalue weighted by Gasteiger charge is -2.16. The van der Waals surface area contributed by atoms with Crippen molar-refractivity contribution < 1.29 is 23.7 Å². The van der Waals surface area contributed by atoms with Crippen molar-refractivity contribution >= 4 is 16.7 Å². The number of carbonyl (C=O) groups is 1. The van der Waals surface area contributed by atoms with Gasteiger partial charge in [-0.25, -0.2) is 0 Å². The van der Waals surface area contributed by atoms with E-state index in [1.54, 1.807) is 37.1 Å². The van der Waals surface area contributed by atoms with Crippen LogP contribution >= 0.6 is 0 Å². The molecule has 8 nitrogen and oxygen atoms in total. The monoisotopic (exact) mass is 468 g/mol. The van der Waals surface area contributed by atoms with Crippen molar-refractivity contribution in [3.63, 3.8) is 0 Å². The van der Waals surface area contributed by atoms with E-state index >= 15 is 0 Å². The summed E-state index contributed by atoms with van der Waals surface area (Å²) in [4.78, 5) is 26.4. The minimum atomic E-state index is -0.268. The molecule has 0 spiro atoms. The largest absolute Gasteiger partial charge is 0.493 e. The summed E-state index contributed by atoms with van der Waals surface area (Å²) in [6.45, 7) is 4.95. The number of methoxy groups -OCH3 is 4. The number of ether oxygens (including phenoxy) is 4. The van der Waals surface area contributed by atoms with E-state index in [9.17, 15) is 9.59 Å². The van der Waals surface area contributed by atoms with Gasteiger partial charge in [0.1, 0.15) is 0 Å². The van der Waals surface area contributed by atoms with Crippen LogP contribution in [0, 0.1) is 5.92 Å². The van der Waals surface area contributed by atoms with Crippen LogP contribution in [-0.2, 0) is 13.0 Å². The summed E-state index contributed by atoms with van der Waals surface area (Å²) in [7, 11) is 6.21. The van der Waals surface area contributed by atoms with E-state index in [2.05, 4.69) is 5.32 Å². The van der Waals surface area contributed by atoms with E-state index in [0.717, 1.165) is 5.56 Å². The molecule has 0 radical (unpaired) electrons. The van der Waals surface area contributed by atoms with Crippen molar-refractivity contribution in [2.75, 3.05) is 35.0 Å². The molecule has 0 unspecified atom stereocenters. The number of carbonyl (C=O) groups excluding carboxylic acids is 1. The second-order valence-electron chi connectivity index (χ2n) is 8.34. The van der Waals surface area contributed by atoms with Crippen LogP contribution in [0.1, 0.15) is 29.8 Å². The Morgan fingerprint density at radius 2 is 1.47 bits per heavy atom. The number of hydrogen-bond acceptors (Lipinski definition) is 6. The Balaban J connectivity index is 1.93. The zero-order valence-electron chi connectivity index (χ0n) is 20.6. The highest BCUT2D eigenvalue weighted by molar-refractivity contribution is 6.07. The number of nitrogens with zero attached hydrogens (tertiary/aromatic N) is 1. The molecule has 3 rings (SSSR count). The molecule has 0 aliphatic rings. The predicted molar refractivity (Wildman–Crippen MR) is 132 cm³/mol. The Morgan fingerprint density at radius 3 is 2.06 bits per heavy atom. The average Bonchev–Trinajstić information content (AvgIpc) is 2.84. The first-order valence-corrected chi connectivity index (χ1v) is 11.1. The third kappa shape index (κ3) is 5.27. The molecular weight excluding hydrogens is 436 g/mol. The molecule has 3 aromatic rings. The summed E-state index contributed by atoms with van der Waals surface area (Å²) in [5, 5.41) is 3.90. The van der Waals surface area contributed by atoms with Crippen LogP contribution in [0.25, 0.3) is 10.8 Å². The second kappa shape index (κ2) is 11.0. The Kier molecular flexibility index (Phi) is 8.04. The summed E-state index contributed by atoms with van der Waals surface area (Å²) in [5.41, 5.74) is 1.23. The van der Waals surface area contributed by atoms with Gasteiger partial charge in [-0.3, -0.25) is 9.59 Å². The second-order valence-corrected chi connectivity index (χ2v) is 8.34.